The van der Waals surface area contributed by atoms with Gasteiger partial charge in [-0.05, 0) is 76.0 Å². The zero-order valence-corrected chi connectivity index (χ0v) is 14.2. The summed E-state index contributed by atoms with van der Waals surface area (Å²) in [6.45, 7) is 5.70. The van der Waals surface area contributed by atoms with Crippen molar-refractivity contribution >= 4 is 6.09 Å². The summed E-state index contributed by atoms with van der Waals surface area (Å²) in [7, 11) is 0. The third-order valence-corrected chi connectivity index (χ3v) is 5.94. The van der Waals surface area contributed by atoms with Gasteiger partial charge in [0.2, 0.25) is 0 Å². The topological polar surface area (TPSA) is 49.8 Å². The minimum absolute atomic E-state index is 0.0458. The summed E-state index contributed by atoms with van der Waals surface area (Å²) >= 11 is 0. The maximum absolute atomic E-state index is 12.1. The van der Waals surface area contributed by atoms with E-state index in [1.54, 1.807) is 0 Å². The average Bonchev–Trinajstić information content (AvgIpc) is 2.89. The Kier molecular flexibility index (Phi) is 5.62. The minimum Gasteiger partial charge on any atom is -0.444 e. The van der Waals surface area contributed by atoms with Crippen LogP contribution in [0.1, 0.15) is 64.2 Å². The number of carbonyl (C=O) groups is 1. The molecule has 2 saturated carbocycles. The van der Waals surface area contributed by atoms with Crippen LogP contribution in [-0.2, 0) is 4.74 Å². The number of allylic oxidation sites excluding steroid dienone is 1. The van der Waals surface area contributed by atoms with E-state index in [0.717, 1.165) is 51.1 Å². The van der Waals surface area contributed by atoms with Crippen LogP contribution in [0.15, 0.2) is 12.2 Å². The molecule has 1 N–H and O–H groups in total. The highest BCUT2D eigenvalue weighted by molar-refractivity contribution is 5.69. The second-order valence-electron chi connectivity index (χ2n) is 7.79. The number of carbonyl (C=O) groups excluding carboxylic acids is 1. The Balaban J connectivity index is 1.39. The minimum atomic E-state index is -0.148. The van der Waals surface area contributed by atoms with Crippen molar-refractivity contribution in [2.45, 2.75) is 76.4 Å². The van der Waals surface area contributed by atoms with E-state index in [0.29, 0.717) is 5.92 Å². The molecule has 4 heteroatoms. The van der Waals surface area contributed by atoms with Crippen LogP contribution in [-0.4, -0.2) is 41.4 Å². The first-order chi connectivity index (χ1) is 11.1. The highest BCUT2D eigenvalue weighted by Gasteiger charge is 2.37. The number of aliphatic hydroxyl groups excluding tert-OH is 1. The lowest BCUT2D eigenvalue weighted by atomic mass is 9.83. The molecule has 0 aromatic rings. The van der Waals surface area contributed by atoms with Crippen molar-refractivity contribution in [3.8, 4) is 0 Å². The SMILES string of the molecule is C=C1CCCC(CCCN2CC(C3CCC(O)CC3)OC2=O)C1. The predicted octanol–water partition coefficient (Wildman–Crippen LogP) is 3.88. The quantitative estimate of drug-likeness (QED) is 0.782. The van der Waals surface area contributed by atoms with Gasteiger partial charge >= 0.3 is 6.09 Å². The van der Waals surface area contributed by atoms with Gasteiger partial charge in [-0.2, -0.15) is 0 Å². The second kappa shape index (κ2) is 7.69. The third-order valence-electron chi connectivity index (χ3n) is 5.94. The summed E-state index contributed by atoms with van der Waals surface area (Å²) in [5.74, 6) is 1.21. The van der Waals surface area contributed by atoms with E-state index in [2.05, 4.69) is 6.58 Å². The molecule has 0 bridgehead atoms. The van der Waals surface area contributed by atoms with Crippen LogP contribution in [0.5, 0.6) is 0 Å². The number of aliphatic hydroxyl groups is 1. The Labute approximate surface area is 139 Å². The largest absolute Gasteiger partial charge is 0.444 e. The van der Waals surface area contributed by atoms with Crippen LogP contribution in [0.25, 0.3) is 0 Å². The van der Waals surface area contributed by atoms with E-state index in [-0.39, 0.29) is 18.3 Å². The van der Waals surface area contributed by atoms with Gasteiger partial charge in [0.25, 0.3) is 0 Å². The molecular weight excluding hydrogens is 290 g/mol. The molecule has 3 fully saturated rings. The maximum atomic E-state index is 12.1. The molecule has 0 aromatic carbocycles. The molecule has 23 heavy (non-hydrogen) atoms. The molecular formula is C19H31NO3. The molecule has 0 radical (unpaired) electrons. The number of hydrogen-bond donors (Lipinski definition) is 1. The molecule has 0 aromatic heterocycles. The van der Waals surface area contributed by atoms with Gasteiger partial charge in [-0.1, -0.05) is 12.2 Å². The van der Waals surface area contributed by atoms with E-state index in [1.165, 1.54) is 37.7 Å². The number of nitrogens with zero attached hydrogens (tertiary/aromatic N) is 1. The Morgan fingerprint density at radius 1 is 1.22 bits per heavy atom. The highest BCUT2D eigenvalue weighted by Crippen LogP contribution is 2.33. The van der Waals surface area contributed by atoms with Crippen molar-refractivity contribution < 1.29 is 14.6 Å². The van der Waals surface area contributed by atoms with E-state index in [9.17, 15) is 9.90 Å². The zero-order chi connectivity index (χ0) is 16.2. The van der Waals surface area contributed by atoms with Crippen LogP contribution in [0, 0.1) is 11.8 Å². The molecule has 2 unspecified atom stereocenters. The Morgan fingerprint density at radius 3 is 2.74 bits per heavy atom. The lowest BCUT2D eigenvalue weighted by Crippen LogP contribution is -2.31. The van der Waals surface area contributed by atoms with Crippen LogP contribution >= 0.6 is 0 Å². The van der Waals surface area contributed by atoms with Crippen molar-refractivity contribution in [2.75, 3.05) is 13.1 Å². The normalized spacial score (nSPS) is 35.4. The van der Waals surface area contributed by atoms with Crippen molar-refractivity contribution in [3.05, 3.63) is 12.2 Å². The van der Waals surface area contributed by atoms with E-state index in [1.807, 2.05) is 4.90 Å². The standard InChI is InChI=1S/C19H31NO3/c1-14-4-2-5-15(12-14)6-3-11-20-13-18(23-19(20)22)16-7-9-17(21)10-8-16/h15-18,21H,1-13H2. The summed E-state index contributed by atoms with van der Waals surface area (Å²) in [6, 6.07) is 0. The average molecular weight is 321 g/mol. The van der Waals surface area contributed by atoms with Crippen molar-refractivity contribution in [1.82, 2.24) is 4.90 Å². The van der Waals surface area contributed by atoms with Crippen LogP contribution < -0.4 is 0 Å². The molecule has 1 amide bonds. The van der Waals surface area contributed by atoms with Gasteiger partial charge < -0.3 is 14.7 Å². The molecule has 2 aliphatic carbocycles. The van der Waals surface area contributed by atoms with Gasteiger partial charge in [0.15, 0.2) is 0 Å². The van der Waals surface area contributed by atoms with E-state index >= 15 is 0 Å². The molecule has 1 saturated heterocycles. The summed E-state index contributed by atoms with van der Waals surface area (Å²) in [5.41, 5.74) is 1.40. The molecule has 1 heterocycles. The smallest absolute Gasteiger partial charge is 0.410 e. The van der Waals surface area contributed by atoms with Gasteiger partial charge in [-0.25, -0.2) is 4.79 Å². The number of rotatable bonds is 5. The summed E-state index contributed by atoms with van der Waals surface area (Å²) < 4.78 is 5.60. The zero-order valence-electron chi connectivity index (χ0n) is 14.2. The van der Waals surface area contributed by atoms with Gasteiger partial charge in [0.05, 0.1) is 12.6 Å². The Hall–Kier alpha value is -1.03. The summed E-state index contributed by atoms with van der Waals surface area (Å²) in [5, 5.41) is 9.61. The van der Waals surface area contributed by atoms with Crippen LogP contribution in [0.4, 0.5) is 4.79 Å². The first kappa shape index (κ1) is 16.8. The van der Waals surface area contributed by atoms with Crippen molar-refractivity contribution in [1.29, 1.82) is 0 Å². The summed E-state index contributed by atoms with van der Waals surface area (Å²) in [4.78, 5) is 14.0. The predicted molar refractivity (Wildman–Crippen MR) is 90.1 cm³/mol. The lowest BCUT2D eigenvalue weighted by molar-refractivity contribution is 0.0505. The summed E-state index contributed by atoms with van der Waals surface area (Å²) in [6.07, 6.45) is 10.7. The van der Waals surface area contributed by atoms with E-state index in [4.69, 9.17) is 4.74 Å². The van der Waals surface area contributed by atoms with E-state index < -0.39 is 0 Å². The number of cyclic esters (lactones) is 1. The van der Waals surface area contributed by atoms with Gasteiger partial charge in [-0.15, -0.1) is 0 Å². The Bertz CT molecular complexity index is 428. The number of ether oxygens (including phenoxy) is 1. The van der Waals surface area contributed by atoms with Gasteiger partial charge in [0.1, 0.15) is 6.10 Å². The fourth-order valence-electron chi connectivity index (χ4n) is 4.50. The monoisotopic (exact) mass is 321 g/mol. The Morgan fingerprint density at radius 2 is 2.00 bits per heavy atom. The van der Waals surface area contributed by atoms with Gasteiger partial charge in [-0.3, -0.25) is 0 Å². The lowest BCUT2D eigenvalue weighted by Gasteiger charge is -2.28. The fraction of sp³-hybridized carbons (Fsp3) is 0.842. The second-order valence-corrected chi connectivity index (χ2v) is 7.79. The fourth-order valence-corrected chi connectivity index (χ4v) is 4.50. The van der Waals surface area contributed by atoms with Crippen molar-refractivity contribution in [2.24, 2.45) is 11.8 Å². The molecule has 2 atom stereocenters. The molecule has 130 valence electrons. The maximum Gasteiger partial charge on any atom is 0.410 e. The molecule has 3 rings (SSSR count). The molecule has 0 spiro atoms. The molecule has 1 aliphatic heterocycles. The van der Waals surface area contributed by atoms with Crippen LogP contribution in [0.2, 0.25) is 0 Å². The molecule has 3 aliphatic rings. The van der Waals surface area contributed by atoms with Crippen LogP contribution in [0.3, 0.4) is 0 Å². The highest BCUT2D eigenvalue weighted by atomic mass is 16.6. The molecule has 4 nitrogen and oxygen atoms in total. The van der Waals surface area contributed by atoms with Crippen molar-refractivity contribution in [3.63, 3.8) is 0 Å². The number of hydrogen-bond acceptors (Lipinski definition) is 3. The number of amides is 1. The first-order valence-electron chi connectivity index (χ1n) is 9.42. The first-order valence-corrected chi connectivity index (χ1v) is 9.42. The van der Waals surface area contributed by atoms with Gasteiger partial charge in [0, 0.05) is 6.54 Å². The third kappa shape index (κ3) is 4.50.